The normalized spacial score (nSPS) is 10.9. The van der Waals surface area contributed by atoms with Crippen LogP contribution >= 0.6 is 11.8 Å². The molecular weight excluding hydrogens is 308 g/mol. The van der Waals surface area contributed by atoms with Crippen molar-refractivity contribution >= 4 is 17.4 Å². The van der Waals surface area contributed by atoms with Gasteiger partial charge in [0.2, 0.25) is 5.16 Å². The monoisotopic (exact) mass is 335 g/mol. The van der Waals surface area contributed by atoms with Gasteiger partial charge in [-0.3, -0.25) is 0 Å². The first kappa shape index (κ1) is 17.7. The van der Waals surface area contributed by atoms with Gasteiger partial charge in [-0.2, -0.15) is 0 Å². The Morgan fingerprint density at radius 1 is 1.17 bits per heavy atom. The fourth-order valence-corrected chi connectivity index (χ4v) is 3.25. The second-order valence-corrected chi connectivity index (χ2v) is 6.47. The number of benzene rings is 1. The van der Waals surface area contributed by atoms with Crippen LogP contribution in [0.3, 0.4) is 0 Å². The number of thioether (sulfide) groups is 1. The molecule has 1 aromatic heterocycles. The Kier molecular flexibility index (Phi) is 7.35. The molecule has 0 atom stereocenters. The van der Waals surface area contributed by atoms with E-state index in [-0.39, 0.29) is 0 Å². The van der Waals surface area contributed by atoms with Crippen LogP contribution in [0.1, 0.15) is 25.8 Å². The number of quaternary nitrogens is 1. The van der Waals surface area contributed by atoms with E-state index in [1.54, 1.807) is 16.4 Å². The van der Waals surface area contributed by atoms with Crippen LogP contribution in [-0.4, -0.2) is 45.6 Å². The Labute approximate surface area is 142 Å². The van der Waals surface area contributed by atoms with Crippen molar-refractivity contribution < 1.29 is 5.32 Å². The van der Waals surface area contributed by atoms with E-state index >= 15 is 0 Å². The van der Waals surface area contributed by atoms with E-state index in [9.17, 15) is 0 Å². The first-order chi connectivity index (χ1) is 11.2. The molecule has 0 bridgehead atoms. The zero-order valence-electron chi connectivity index (χ0n) is 14.3. The van der Waals surface area contributed by atoms with Crippen LogP contribution in [0, 0.1) is 0 Å². The summed E-state index contributed by atoms with van der Waals surface area (Å²) in [5.74, 6) is 1.05. The summed E-state index contributed by atoms with van der Waals surface area (Å²) in [7, 11) is 1.87. The predicted octanol–water partition coefficient (Wildman–Crippen LogP) is 1.30. The third-order valence-corrected chi connectivity index (χ3v) is 4.91. The van der Waals surface area contributed by atoms with Crippen molar-refractivity contribution in [2.75, 3.05) is 30.3 Å². The van der Waals surface area contributed by atoms with Gasteiger partial charge >= 0.3 is 0 Å². The third-order valence-electron chi connectivity index (χ3n) is 3.81. The minimum Gasteiger partial charge on any atom is -0.372 e. The molecule has 23 heavy (non-hydrogen) atoms. The van der Waals surface area contributed by atoms with E-state index in [0.29, 0.717) is 0 Å². The largest absolute Gasteiger partial charge is 0.372 e. The summed E-state index contributed by atoms with van der Waals surface area (Å²) in [4.78, 5) is 2.37. The van der Waals surface area contributed by atoms with Gasteiger partial charge in [0.15, 0.2) is 0 Å². The predicted molar refractivity (Wildman–Crippen MR) is 94.6 cm³/mol. The van der Waals surface area contributed by atoms with Crippen molar-refractivity contribution in [3.05, 3.63) is 29.8 Å². The van der Waals surface area contributed by atoms with Crippen LogP contribution in [0.15, 0.2) is 29.4 Å². The minimum atomic E-state index is 0.886. The summed E-state index contributed by atoms with van der Waals surface area (Å²) in [6.07, 6.45) is 1.15. The van der Waals surface area contributed by atoms with E-state index in [2.05, 4.69) is 63.9 Å². The molecule has 2 aromatic rings. The van der Waals surface area contributed by atoms with Gasteiger partial charge in [-0.15, -0.1) is 5.10 Å². The van der Waals surface area contributed by atoms with Crippen molar-refractivity contribution in [2.24, 2.45) is 7.05 Å². The van der Waals surface area contributed by atoms with Crippen molar-refractivity contribution in [3.8, 4) is 0 Å². The molecule has 0 aliphatic heterocycles. The first-order valence-corrected chi connectivity index (χ1v) is 9.23. The van der Waals surface area contributed by atoms with Gasteiger partial charge in [-0.25, -0.2) is 4.68 Å². The van der Waals surface area contributed by atoms with Crippen LogP contribution < -0.4 is 10.2 Å². The van der Waals surface area contributed by atoms with Gasteiger partial charge in [0.1, 0.15) is 6.54 Å². The fourth-order valence-electron chi connectivity index (χ4n) is 2.43. The second kappa shape index (κ2) is 9.52. The quantitative estimate of drug-likeness (QED) is 0.524. The molecule has 0 radical (unpaired) electrons. The Hall–Kier alpha value is -1.60. The van der Waals surface area contributed by atoms with Gasteiger partial charge in [-0.05, 0) is 36.4 Å². The highest BCUT2D eigenvalue weighted by Crippen LogP contribution is 2.14. The lowest BCUT2D eigenvalue weighted by Crippen LogP contribution is -2.82. The standard InChI is InChI=1S/C16H26N6S/c1-4-22(5-2)15-9-7-14(8-10-15)13-17-11-6-12-23-16-18-19-20-21(16)3/h7-10,17H,4-6,11-13H2,1-3H3/p+1. The average Bonchev–Trinajstić information content (AvgIpc) is 2.98. The van der Waals surface area contributed by atoms with Crippen molar-refractivity contribution in [1.82, 2.24) is 20.2 Å². The molecule has 0 saturated carbocycles. The Bertz CT molecular complexity index is 564. The second-order valence-electron chi connectivity index (χ2n) is 5.41. The van der Waals surface area contributed by atoms with Gasteiger partial charge in [0.05, 0.1) is 6.54 Å². The SMILES string of the molecule is CCN(CC)c1ccc(C[NH2+]CCCSc2nnnn2C)cc1. The minimum absolute atomic E-state index is 0.886. The lowest BCUT2D eigenvalue weighted by molar-refractivity contribution is -0.670. The summed E-state index contributed by atoms with van der Waals surface area (Å²) in [5, 5.41) is 14.7. The maximum Gasteiger partial charge on any atom is 0.209 e. The Balaban J connectivity index is 1.63. The van der Waals surface area contributed by atoms with E-state index < -0.39 is 0 Å². The number of hydrogen-bond donors (Lipinski definition) is 1. The van der Waals surface area contributed by atoms with Crippen molar-refractivity contribution in [3.63, 3.8) is 0 Å². The molecule has 0 amide bonds. The highest BCUT2D eigenvalue weighted by Gasteiger charge is 2.04. The number of tetrazole rings is 1. The number of nitrogens with zero attached hydrogens (tertiary/aromatic N) is 5. The first-order valence-electron chi connectivity index (χ1n) is 8.25. The van der Waals surface area contributed by atoms with Gasteiger partial charge in [-0.1, -0.05) is 23.9 Å². The molecule has 2 N–H and O–H groups in total. The molecule has 0 spiro atoms. The number of rotatable bonds is 10. The smallest absolute Gasteiger partial charge is 0.209 e. The van der Waals surface area contributed by atoms with Crippen LogP contribution in [0.2, 0.25) is 0 Å². The number of aryl methyl sites for hydroxylation is 1. The summed E-state index contributed by atoms with van der Waals surface area (Å²) < 4.78 is 1.71. The summed E-state index contributed by atoms with van der Waals surface area (Å²) in [6.45, 7) is 8.66. The van der Waals surface area contributed by atoms with E-state index in [1.807, 2.05) is 7.05 Å². The highest BCUT2D eigenvalue weighted by molar-refractivity contribution is 7.99. The maximum atomic E-state index is 3.97. The van der Waals surface area contributed by atoms with Crippen molar-refractivity contribution in [1.29, 1.82) is 0 Å². The third kappa shape index (κ3) is 5.51. The molecule has 0 unspecified atom stereocenters. The highest BCUT2D eigenvalue weighted by atomic mass is 32.2. The zero-order valence-corrected chi connectivity index (χ0v) is 15.1. The summed E-state index contributed by atoms with van der Waals surface area (Å²) in [5.41, 5.74) is 2.69. The molecular formula is C16H27N6S+. The van der Waals surface area contributed by atoms with Crippen LogP contribution in [0.5, 0.6) is 0 Å². The Morgan fingerprint density at radius 2 is 1.91 bits per heavy atom. The summed E-state index contributed by atoms with van der Waals surface area (Å²) in [6, 6.07) is 8.94. The number of nitrogens with two attached hydrogens (primary N) is 1. The van der Waals surface area contributed by atoms with Gasteiger partial charge in [0, 0.05) is 43.6 Å². The lowest BCUT2D eigenvalue weighted by Gasteiger charge is -2.21. The molecule has 6 nitrogen and oxygen atoms in total. The topological polar surface area (TPSA) is 63.5 Å². The lowest BCUT2D eigenvalue weighted by atomic mass is 10.2. The van der Waals surface area contributed by atoms with Gasteiger partial charge in [0.25, 0.3) is 0 Å². The Morgan fingerprint density at radius 3 is 2.52 bits per heavy atom. The number of aromatic nitrogens is 4. The molecule has 0 aliphatic carbocycles. The van der Waals surface area contributed by atoms with Crippen molar-refractivity contribution in [2.45, 2.75) is 32.0 Å². The zero-order chi connectivity index (χ0) is 16.5. The van der Waals surface area contributed by atoms with Crippen LogP contribution in [0.25, 0.3) is 0 Å². The summed E-state index contributed by atoms with van der Waals surface area (Å²) >= 11 is 1.71. The molecule has 126 valence electrons. The van der Waals surface area contributed by atoms with Crippen LogP contribution in [-0.2, 0) is 13.6 Å². The van der Waals surface area contributed by atoms with E-state index in [4.69, 9.17) is 0 Å². The fraction of sp³-hybridized carbons (Fsp3) is 0.562. The van der Waals surface area contributed by atoms with Gasteiger partial charge < -0.3 is 10.2 Å². The molecule has 0 aliphatic rings. The average molecular weight is 336 g/mol. The van der Waals surface area contributed by atoms with Crippen LogP contribution in [0.4, 0.5) is 5.69 Å². The molecule has 2 rings (SSSR count). The molecule has 1 heterocycles. The molecule has 0 fully saturated rings. The maximum absolute atomic E-state index is 3.97. The number of anilines is 1. The molecule has 0 saturated heterocycles. The van der Waals surface area contributed by atoms with E-state index in [1.165, 1.54) is 11.3 Å². The number of hydrogen-bond acceptors (Lipinski definition) is 5. The molecule has 7 heteroatoms. The molecule has 1 aromatic carbocycles. The van der Waals surface area contributed by atoms with E-state index in [0.717, 1.165) is 43.5 Å².